The Morgan fingerprint density at radius 3 is 2.66 bits per heavy atom. The van der Waals surface area contributed by atoms with Crippen LogP contribution in [0.2, 0.25) is 0 Å². The summed E-state index contributed by atoms with van der Waals surface area (Å²) in [6, 6.07) is 8.82. The van der Waals surface area contributed by atoms with E-state index in [1.807, 2.05) is 0 Å². The molecule has 2 heterocycles. The number of anilines is 1. The Balaban J connectivity index is 1.53. The number of furan rings is 1. The SMILES string of the molecule is O=C(Nc1ccc(OC(F)(F)F)c(F)c1)c1ccc2cc(-c3nn[nH]n3)oc2c1. The van der Waals surface area contributed by atoms with Gasteiger partial charge in [0, 0.05) is 22.7 Å². The molecule has 12 heteroatoms. The normalized spacial score (nSPS) is 11.6. The van der Waals surface area contributed by atoms with Gasteiger partial charge in [0.15, 0.2) is 17.3 Å². The second-order valence-corrected chi connectivity index (χ2v) is 5.75. The third kappa shape index (κ3) is 4.00. The van der Waals surface area contributed by atoms with Gasteiger partial charge in [0.05, 0.1) is 0 Å². The summed E-state index contributed by atoms with van der Waals surface area (Å²) in [4.78, 5) is 12.4. The minimum absolute atomic E-state index is 0.0472. The van der Waals surface area contributed by atoms with E-state index in [-0.39, 0.29) is 17.1 Å². The summed E-state index contributed by atoms with van der Waals surface area (Å²) >= 11 is 0. The zero-order valence-electron chi connectivity index (χ0n) is 14.1. The maximum atomic E-state index is 13.8. The second kappa shape index (κ2) is 6.89. The van der Waals surface area contributed by atoms with E-state index in [0.29, 0.717) is 16.7 Å². The number of hydrogen-bond acceptors (Lipinski definition) is 6. The van der Waals surface area contributed by atoms with E-state index < -0.39 is 23.8 Å². The number of hydrogen-bond donors (Lipinski definition) is 2. The van der Waals surface area contributed by atoms with Gasteiger partial charge in [0.25, 0.3) is 5.91 Å². The molecule has 0 aliphatic carbocycles. The van der Waals surface area contributed by atoms with Crippen LogP contribution in [0.5, 0.6) is 5.75 Å². The quantitative estimate of drug-likeness (QED) is 0.497. The van der Waals surface area contributed by atoms with Crippen LogP contribution >= 0.6 is 0 Å². The molecule has 1 amide bonds. The molecule has 0 saturated heterocycles. The molecule has 0 radical (unpaired) electrons. The Morgan fingerprint density at radius 1 is 1.14 bits per heavy atom. The predicted molar refractivity (Wildman–Crippen MR) is 90.4 cm³/mol. The highest BCUT2D eigenvalue weighted by Gasteiger charge is 2.32. The van der Waals surface area contributed by atoms with Crippen LogP contribution in [-0.4, -0.2) is 32.9 Å². The van der Waals surface area contributed by atoms with Gasteiger partial charge in [-0.15, -0.1) is 23.4 Å². The van der Waals surface area contributed by atoms with Crippen LogP contribution in [0.15, 0.2) is 46.9 Å². The van der Waals surface area contributed by atoms with Crippen LogP contribution in [0.3, 0.4) is 0 Å². The highest BCUT2D eigenvalue weighted by molar-refractivity contribution is 6.06. The van der Waals surface area contributed by atoms with Crippen molar-refractivity contribution in [2.45, 2.75) is 6.36 Å². The number of aromatic nitrogens is 4. The molecule has 4 aromatic rings. The smallest absolute Gasteiger partial charge is 0.453 e. The number of nitrogens with zero attached hydrogens (tertiary/aromatic N) is 3. The van der Waals surface area contributed by atoms with Gasteiger partial charge >= 0.3 is 6.36 Å². The molecule has 0 aliphatic heterocycles. The van der Waals surface area contributed by atoms with Gasteiger partial charge in [-0.05, 0) is 35.5 Å². The molecule has 0 atom stereocenters. The number of benzene rings is 2. The van der Waals surface area contributed by atoms with E-state index in [0.717, 1.165) is 18.2 Å². The third-order valence-corrected chi connectivity index (χ3v) is 3.76. The first-order valence-corrected chi connectivity index (χ1v) is 7.92. The molecule has 0 fully saturated rings. The lowest BCUT2D eigenvalue weighted by Gasteiger charge is -2.11. The molecule has 0 bridgehead atoms. The summed E-state index contributed by atoms with van der Waals surface area (Å²) in [5.41, 5.74) is 0.508. The average Bonchev–Trinajstić information content (AvgIpc) is 3.31. The number of halogens is 4. The number of rotatable bonds is 4. The molecular formula is C17H9F4N5O3. The van der Waals surface area contributed by atoms with Gasteiger partial charge in [-0.2, -0.15) is 5.21 Å². The highest BCUT2D eigenvalue weighted by atomic mass is 19.4. The highest BCUT2D eigenvalue weighted by Crippen LogP contribution is 2.28. The van der Waals surface area contributed by atoms with Gasteiger partial charge in [-0.25, -0.2) is 4.39 Å². The third-order valence-electron chi connectivity index (χ3n) is 3.76. The van der Waals surface area contributed by atoms with Crippen LogP contribution in [0, 0.1) is 5.82 Å². The number of aromatic amines is 1. The summed E-state index contributed by atoms with van der Waals surface area (Å²) in [7, 11) is 0. The van der Waals surface area contributed by atoms with Crippen molar-refractivity contribution in [2.75, 3.05) is 5.32 Å². The molecule has 0 saturated carbocycles. The van der Waals surface area contributed by atoms with Crippen LogP contribution in [0.25, 0.3) is 22.6 Å². The Labute approximate surface area is 158 Å². The summed E-state index contributed by atoms with van der Waals surface area (Å²) in [6.45, 7) is 0. The first kappa shape index (κ1) is 18.4. The maximum absolute atomic E-state index is 13.8. The fourth-order valence-corrected chi connectivity index (χ4v) is 2.54. The van der Waals surface area contributed by atoms with Gasteiger partial charge in [0.2, 0.25) is 5.82 Å². The van der Waals surface area contributed by atoms with E-state index >= 15 is 0 Å². The van der Waals surface area contributed by atoms with Gasteiger partial charge in [-0.3, -0.25) is 4.79 Å². The fourth-order valence-electron chi connectivity index (χ4n) is 2.54. The summed E-state index contributed by atoms with van der Waals surface area (Å²) < 4.78 is 59.5. The number of carbonyl (C=O) groups excluding carboxylic acids is 1. The fraction of sp³-hybridized carbons (Fsp3) is 0.0588. The topological polar surface area (TPSA) is 106 Å². The number of nitrogens with one attached hydrogen (secondary N) is 2. The molecule has 0 unspecified atom stereocenters. The summed E-state index contributed by atoms with van der Waals surface area (Å²) in [5.74, 6) is -2.31. The molecule has 2 N–H and O–H groups in total. The number of ether oxygens (including phenoxy) is 1. The molecule has 4 rings (SSSR count). The lowest BCUT2D eigenvalue weighted by molar-refractivity contribution is -0.275. The summed E-state index contributed by atoms with van der Waals surface area (Å²) in [5, 5.41) is 16.4. The van der Waals surface area contributed by atoms with Crippen molar-refractivity contribution in [3.63, 3.8) is 0 Å². The first-order chi connectivity index (χ1) is 13.8. The van der Waals surface area contributed by atoms with Crippen LogP contribution in [0.1, 0.15) is 10.4 Å². The van der Waals surface area contributed by atoms with Gasteiger partial charge in [0.1, 0.15) is 5.58 Å². The number of alkyl halides is 3. The van der Waals surface area contributed by atoms with E-state index in [9.17, 15) is 22.4 Å². The van der Waals surface area contributed by atoms with Crippen LogP contribution in [-0.2, 0) is 0 Å². The molecule has 0 spiro atoms. The maximum Gasteiger partial charge on any atom is 0.573 e. The van der Waals surface area contributed by atoms with E-state index in [4.69, 9.17) is 4.42 Å². The van der Waals surface area contributed by atoms with Gasteiger partial charge < -0.3 is 14.5 Å². The monoisotopic (exact) mass is 407 g/mol. The minimum atomic E-state index is -5.02. The van der Waals surface area contributed by atoms with Crippen LogP contribution < -0.4 is 10.1 Å². The first-order valence-electron chi connectivity index (χ1n) is 7.92. The Kier molecular flexibility index (Phi) is 4.37. The van der Waals surface area contributed by atoms with Crippen LogP contribution in [0.4, 0.5) is 23.2 Å². The van der Waals surface area contributed by atoms with Crippen molar-refractivity contribution >= 4 is 22.6 Å². The molecule has 2 aromatic heterocycles. The van der Waals surface area contributed by atoms with E-state index in [1.165, 1.54) is 12.1 Å². The van der Waals surface area contributed by atoms with Crippen molar-refractivity contribution in [1.82, 2.24) is 20.6 Å². The Hall–Kier alpha value is -3.96. The molecular weight excluding hydrogens is 398 g/mol. The Morgan fingerprint density at radius 2 is 1.97 bits per heavy atom. The molecule has 29 heavy (non-hydrogen) atoms. The average molecular weight is 407 g/mol. The van der Waals surface area contributed by atoms with E-state index in [1.54, 1.807) is 12.1 Å². The Bertz CT molecular complexity index is 1190. The van der Waals surface area contributed by atoms with Crippen molar-refractivity contribution in [1.29, 1.82) is 0 Å². The van der Waals surface area contributed by atoms with E-state index in [2.05, 4.69) is 30.7 Å². The second-order valence-electron chi connectivity index (χ2n) is 5.75. The lowest BCUT2D eigenvalue weighted by Crippen LogP contribution is -2.18. The standard InChI is InChI=1S/C17H9F4N5O3/c18-11-7-10(3-4-12(11)29-17(19,20)21)22-16(27)9-2-1-8-5-14(28-13(8)6-9)15-23-25-26-24-15/h1-7H,(H,22,27)(H,23,24,25,26). The van der Waals surface area contributed by atoms with Crippen molar-refractivity contribution in [3.05, 3.63) is 53.8 Å². The largest absolute Gasteiger partial charge is 0.573 e. The lowest BCUT2D eigenvalue weighted by atomic mass is 10.1. The minimum Gasteiger partial charge on any atom is -0.453 e. The summed E-state index contributed by atoms with van der Waals surface area (Å²) in [6.07, 6.45) is -5.02. The molecule has 8 nitrogen and oxygen atoms in total. The molecule has 2 aromatic carbocycles. The number of amides is 1. The number of H-pyrrole nitrogens is 1. The number of fused-ring (bicyclic) bond motifs is 1. The van der Waals surface area contributed by atoms with Crippen molar-refractivity contribution < 1.29 is 31.5 Å². The number of tetrazole rings is 1. The molecule has 0 aliphatic rings. The predicted octanol–water partition coefficient (Wildman–Crippen LogP) is 3.90. The zero-order valence-corrected chi connectivity index (χ0v) is 14.1. The van der Waals surface area contributed by atoms with Crippen molar-refractivity contribution in [3.8, 4) is 17.3 Å². The van der Waals surface area contributed by atoms with Crippen molar-refractivity contribution in [2.24, 2.45) is 0 Å². The number of carbonyl (C=O) groups is 1. The molecule has 148 valence electrons. The van der Waals surface area contributed by atoms with Gasteiger partial charge in [-0.1, -0.05) is 6.07 Å². The zero-order chi connectivity index (χ0) is 20.6.